The van der Waals surface area contributed by atoms with Crippen LogP contribution in [0.1, 0.15) is 47.5 Å². The van der Waals surface area contributed by atoms with E-state index in [1.807, 2.05) is 18.5 Å². The molecule has 0 radical (unpaired) electrons. The number of aromatic nitrogens is 4. The molecular formula is C19H21F3N6O. The van der Waals surface area contributed by atoms with E-state index >= 15 is 0 Å². The van der Waals surface area contributed by atoms with E-state index in [4.69, 9.17) is 4.42 Å². The summed E-state index contributed by atoms with van der Waals surface area (Å²) in [5.74, 6) is 0.725. The average Bonchev–Trinajstić information content (AvgIpc) is 3.32. The molecule has 29 heavy (non-hydrogen) atoms. The van der Waals surface area contributed by atoms with Crippen molar-refractivity contribution in [2.24, 2.45) is 0 Å². The molecule has 1 atom stereocenters. The van der Waals surface area contributed by atoms with Crippen molar-refractivity contribution in [3.05, 3.63) is 46.8 Å². The monoisotopic (exact) mass is 406 g/mol. The summed E-state index contributed by atoms with van der Waals surface area (Å²) in [6, 6.07) is -0.00112. The van der Waals surface area contributed by atoms with E-state index in [1.165, 1.54) is 5.56 Å². The number of furan rings is 1. The second-order valence-corrected chi connectivity index (χ2v) is 7.03. The number of nitrogens with one attached hydrogen (secondary N) is 2. The van der Waals surface area contributed by atoms with Gasteiger partial charge in [0.15, 0.2) is 0 Å². The fourth-order valence-electron chi connectivity index (χ4n) is 3.59. The van der Waals surface area contributed by atoms with Gasteiger partial charge in [0.25, 0.3) is 0 Å². The van der Waals surface area contributed by atoms with Crippen LogP contribution in [0.15, 0.2) is 23.1 Å². The Morgan fingerprint density at radius 1 is 1.31 bits per heavy atom. The average molecular weight is 406 g/mol. The van der Waals surface area contributed by atoms with Crippen LogP contribution < -0.4 is 10.6 Å². The number of halogens is 3. The maximum atomic E-state index is 13.1. The molecule has 154 valence electrons. The highest BCUT2D eigenvalue weighted by molar-refractivity contribution is 5.58. The summed E-state index contributed by atoms with van der Waals surface area (Å²) in [4.78, 5) is 7.84. The van der Waals surface area contributed by atoms with E-state index in [-0.39, 0.29) is 17.8 Å². The van der Waals surface area contributed by atoms with Gasteiger partial charge >= 0.3 is 6.18 Å². The summed E-state index contributed by atoms with van der Waals surface area (Å²) in [6.45, 7) is 5.85. The van der Waals surface area contributed by atoms with Crippen LogP contribution >= 0.6 is 0 Å². The van der Waals surface area contributed by atoms with Gasteiger partial charge in [0.2, 0.25) is 5.95 Å². The molecular weight excluding hydrogens is 385 g/mol. The van der Waals surface area contributed by atoms with Crippen molar-refractivity contribution in [2.75, 3.05) is 17.2 Å². The highest BCUT2D eigenvalue weighted by Gasteiger charge is 2.35. The lowest BCUT2D eigenvalue weighted by Gasteiger charge is -2.13. The maximum Gasteiger partial charge on any atom is 0.421 e. The van der Waals surface area contributed by atoms with Gasteiger partial charge in [0.05, 0.1) is 17.6 Å². The molecule has 2 N–H and O–H groups in total. The molecule has 1 aliphatic carbocycles. The van der Waals surface area contributed by atoms with E-state index in [9.17, 15) is 13.2 Å². The van der Waals surface area contributed by atoms with E-state index < -0.39 is 11.7 Å². The van der Waals surface area contributed by atoms with Crippen LogP contribution in [0.5, 0.6) is 0 Å². The van der Waals surface area contributed by atoms with Gasteiger partial charge < -0.3 is 15.1 Å². The smallest absolute Gasteiger partial charge is 0.421 e. The normalized spacial score (nSPS) is 16.1. The molecule has 7 nitrogen and oxygen atoms in total. The van der Waals surface area contributed by atoms with Gasteiger partial charge in [0, 0.05) is 18.9 Å². The number of hydrogen-bond acceptors (Lipinski definition) is 6. The summed E-state index contributed by atoms with van der Waals surface area (Å²) < 4.78 is 46.9. The van der Waals surface area contributed by atoms with Crippen molar-refractivity contribution >= 4 is 17.5 Å². The number of fused-ring (bicyclic) bond motifs is 1. The lowest BCUT2D eigenvalue weighted by molar-refractivity contribution is -0.137. The Labute approximate surface area is 165 Å². The van der Waals surface area contributed by atoms with Gasteiger partial charge in [-0.15, -0.1) is 0 Å². The molecule has 0 saturated carbocycles. The first kappa shape index (κ1) is 19.3. The van der Waals surface area contributed by atoms with Crippen molar-refractivity contribution in [1.29, 1.82) is 0 Å². The van der Waals surface area contributed by atoms with Crippen LogP contribution in [0.2, 0.25) is 0 Å². The first-order valence-corrected chi connectivity index (χ1v) is 9.35. The highest BCUT2D eigenvalue weighted by atomic mass is 19.4. The zero-order valence-corrected chi connectivity index (χ0v) is 16.3. The Bertz CT molecular complexity index is 1040. The third kappa shape index (κ3) is 3.54. The zero-order valence-electron chi connectivity index (χ0n) is 16.3. The molecule has 0 aromatic carbocycles. The van der Waals surface area contributed by atoms with Crippen LogP contribution in [0, 0.1) is 13.8 Å². The molecule has 0 spiro atoms. The van der Waals surface area contributed by atoms with Crippen LogP contribution in [-0.2, 0) is 12.6 Å². The van der Waals surface area contributed by atoms with Crippen molar-refractivity contribution in [1.82, 2.24) is 19.7 Å². The van der Waals surface area contributed by atoms with Gasteiger partial charge in [-0.1, -0.05) is 0 Å². The first-order valence-electron chi connectivity index (χ1n) is 9.35. The topological polar surface area (TPSA) is 80.8 Å². The molecule has 4 rings (SSSR count). The quantitative estimate of drug-likeness (QED) is 0.644. The Hall–Kier alpha value is -3.04. The fourth-order valence-corrected chi connectivity index (χ4v) is 3.59. The van der Waals surface area contributed by atoms with Crippen molar-refractivity contribution in [2.45, 2.75) is 45.8 Å². The van der Waals surface area contributed by atoms with Crippen molar-refractivity contribution in [3.8, 4) is 0 Å². The molecule has 0 aliphatic heterocycles. The minimum atomic E-state index is -4.53. The predicted octanol–water partition coefficient (Wildman–Crippen LogP) is 4.61. The minimum Gasteiger partial charge on any atom is -0.466 e. The number of alkyl halides is 3. The molecule has 3 aromatic rings. The molecule has 0 bridgehead atoms. The van der Waals surface area contributed by atoms with Gasteiger partial charge in [-0.25, -0.2) is 4.98 Å². The van der Waals surface area contributed by atoms with Crippen molar-refractivity contribution in [3.63, 3.8) is 0 Å². The Balaban J connectivity index is 1.60. The Morgan fingerprint density at radius 2 is 2.10 bits per heavy atom. The summed E-state index contributed by atoms with van der Waals surface area (Å²) in [7, 11) is 0. The van der Waals surface area contributed by atoms with E-state index in [0.717, 1.165) is 30.4 Å². The summed E-state index contributed by atoms with van der Waals surface area (Å²) >= 11 is 0. The molecule has 1 unspecified atom stereocenters. The molecule has 3 aromatic heterocycles. The SMILES string of the molecule is CCNc1nc(Nc2cn(C3CCc4c(C)coc43)nc2C)ncc1C(F)(F)F. The highest BCUT2D eigenvalue weighted by Crippen LogP contribution is 2.38. The van der Waals surface area contributed by atoms with Crippen LogP contribution in [0.3, 0.4) is 0 Å². The van der Waals surface area contributed by atoms with Gasteiger partial charge in [-0.3, -0.25) is 4.68 Å². The lowest BCUT2D eigenvalue weighted by atomic mass is 10.2. The number of hydrogen-bond donors (Lipinski definition) is 2. The largest absolute Gasteiger partial charge is 0.466 e. The fraction of sp³-hybridized carbons (Fsp3) is 0.421. The van der Waals surface area contributed by atoms with Crippen LogP contribution in [0.25, 0.3) is 0 Å². The summed E-state index contributed by atoms with van der Waals surface area (Å²) in [5.41, 5.74) is 2.78. The number of rotatable bonds is 5. The second-order valence-electron chi connectivity index (χ2n) is 7.03. The molecule has 0 amide bonds. The van der Waals surface area contributed by atoms with Gasteiger partial charge in [-0.05, 0) is 44.7 Å². The van der Waals surface area contributed by atoms with E-state index in [2.05, 4.69) is 25.7 Å². The molecule has 10 heteroatoms. The van der Waals surface area contributed by atoms with E-state index in [0.29, 0.717) is 17.9 Å². The predicted molar refractivity (Wildman–Crippen MR) is 101 cm³/mol. The standard InChI is InChI=1S/C19H21F3N6O/c1-4-23-17-13(19(20,21)22)7-24-18(26-17)25-14-8-28(27-11(14)3)15-6-5-12-10(2)9-29-16(12)15/h7-9,15H,4-6H2,1-3H3,(H2,23,24,25,26). The third-order valence-corrected chi connectivity index (χ3v) is 5.03. The van der Waals surface area contributed by atoms with Crippen LogP contribution in [-0.4, -0.2) is 26.3 Å². The number of aryl methyl sites for hydroxylation is 2. The van der Waals surface area contributed by atoms with Gasteiger partial charge in [0.1, 0.15) is 23.2 Å². The minimum absolute atomic E-state index is 0.00112. The first-order chi connectivity index (χ1) is 13.8. The Kier molecular flexibility index (Phi) is 4.71. The number of nitrogens with zero attached hydrogens (tertiary/aromatic N) is 4. The molecule has 1 aliphatic rings. The molecule has 3 heterocycles. The van der Waals surface area contributed by atoms with Crippen molar-refractivity contribution < 1.29 is 17.6 Å². The maximum absolute atomic E-state index is 13.1. The third-order valence-electron chi connectivity index (χ3n) is 5.03. The molecule has 0 saturated heterocycles. The summed E-state index contributed by atoms with van der Waals surface area (Å²) in [5, 5.41) is 10.2. The lowest BCUT2D eigenvalue weighted by Crippen LogP contribution is -2.14. The summed E-state index contributed by atoms with van der Waals surface area (Å²) in [6.07, 6.45) is 1.63. The second kappa shape index (κ2) is 7.09. The zero-order chi connectivity index (χ0) is 20.8. The van der Waals surface area contributed by atoms with E-state index in [1.54, 1.807) is 19.4 Å². The van der Waals surface area contributed by atoms with Gasteiger partial charge in [-0.2, -0.15) is 23.3 Å². The van der Waals surface area contributed by atoms with Crippen LogP contribution in [0.4, 0.5) is 30.6 Å². The number of anilines is 3. The molecule has 0 fully saturated rings. The Morgan fingerprint density at radius 3 is 2.83 bits per heavy atom.